The van der Waals surface area contributed by atoms with Gasteiger partial charge in [0, 0.05) is 30.7 Å². The molecular formula is C21H23N3O2S. The van der Waals surface area contributed by atoms with Crippen molar-refractivity contribution >= 4 is 15.7 Å². The fraction of sp³-hybridized carbons (Fsp3) is 0.381. The van der Waals surface area contributed by atoms with Gasteiger partial charge in [0.1, 0.15) is 0 Å². The summed E-state index contributed by atoms with van der Waals surface area (Å²) in [5.41, 5.74) is 2.57. The molecule has 140 valence electrons. The molecule has 2 aromatic carbocycles. The van der Waals surface area contributed by atoms with Crippen molar-refractivity contribution in [3.05, 3.63) is 65.7 Å². The van der Waals surface area contributed by atoms with Crippen molar-refractivity contribution in [1.82, 2.24) is 4.31 Å². The predicted molar refractivity (Wildman–Crippen MR) is 106 cm³/mol. The van der Waals surface area contributed by atoms with Crippen molar-refractivity contribution in [2.75, 3.05) is 24.2 Å². The molecule has 1 aliphatic heterocycles. The molecule has 2 atom stereocenters. The van der Waals surface area contributed by atoms with Gasteiger partial charge in [0.15, 0.2) is 0 Å². The lowest BCUT2D eigenvalue weighted by Gasteiger charge is -2.21. The van der Waals surface area contributed by atoms with Crippen LogP contribution in [0.1, 0.15) is 29.9 Å². The molecule has 1 heterocycles. The smallest absolute Gasteiger partial charge is 0.214 e. The lowest BCUT2D eigenvalue weighted by Crippen LogP contribution is -2.33. The maximum atomic E-state index is 12.8. The number of nitrogens with zero attached hydrogens (tertiary/aromatic N) is 2. The van der Waals surface area contributed by atoms with E-state index in [1.54, 1.807) is 10.4 Å². The quantitative estimate of drug-likeness (QED) is 0.834. The van der Waals surface area contributed by atoms with Crippen LogP contribution in [0.5, 0.6) is 0 Å². The van der Waals surface area contributed by atoms with Gasteiger partial charge in [-0.1, -0.05) is 36.4 Å². The Labute approximate surface area is 160 Å². The number of hydrogen-bond donors (Lipinski definition) is 1. The number of nitriles is 1. The van der Waals surface area contributed by atoms with Gasteiger partial charge in [0.2, 0.25) is 10.0 Å². The van der Waals surface area contributed by atoms with Crippen LogP contribution in [0, 0.1) is 17.2 Å². The van der Waals surface area contributed by atoms with Crippen LogP contribution in [0.25, 0.3) is 0 Å². The summed E-state index contributed by atoms with van der Waals surface area (Å²) in [6.45, 7) is 0.945. The third-order valence-corrected chi connectivity index (χ3v) is 7.37. The Morgan fingerprint density at radius 1 is 1.07 bits per heavy atom. The van der Waals surface area contributed by atoms with Crippen molar-refractivity contribution in [3.63, 3.8) is 0 Å². The Morgan fingerprint density at radius 2 is 1.85 bits per heavy atom. The second-order valence-electron chi connectivity index (χ2n) is 7.50. The predicted octanol–water partition coefficient (Wildman–Crippen LogP) is 3.18. The molecule has 1 saturated carbocycles. The molecule has 0 aromatic heterocycles. The van der Waals surface area contributed by atoms with Crippen molar-refractivity contribution in [2.24, 2.45) is 5.92 Å². The molecule has 1 saturated heterocycles. The highest BCUT2D eigenvalue weighted by atomic mass is 32.2. The van der Waals surface area contributed by atoms with Gasteiger partial charge in [0.05, 0.1) is 17.4 Å². The number of anilines is 1. The maximum absolute atomic E-state index is 12.8. The molecule has 1 aliphatic carbocycles. The Bertz CT molecular complexity index is 949. The van der Waals surface area contributed by atoms with Crippen LogP contribution < -0.4 is 5.32 Å². The number of nitrogens with one attached hydrogen (secondary N) is 1. The van der Waals surface area contributed by atoms with Crippen molar-refractivity contribution in [2.45, 2.75) is 24.8 Å². The van der Waals surface area contributed by atoms with E-state index in [1.807, 2.05) is 36.4 Å². The van der Waals surface area contributed by atoms with E-state index < -0.39 is 10.0 Å². The van der Waals surface area contributed by atoms with E-state index in [-0.39, 0.29) is 17.7 Å². The molecule has 6 heteroatoms. The SMILES string of the molecule is N#Cc1cccc(N[C@H]2CN(S(=O)(=O)CC3CC3)C[C@@H]2c2ccccc2)c1. The molecule has 0 spiro atoms. The first kappa shape index (κ1) is 18.0. The molecule has 2 fully saturated rings. The molecule has 27 heavy (non-hydrogen) atoms. The lowest BCUT2D eigenvalue weighted by molar-refractivity contribution is 0.469. The normalized spacial score (nSPS) is 23.1. The first-order valence-corrected chi connectivity index (χ1v) is 11.0. The van der Waals surface area contributed by atoms with Gasteiger partial charge >= 0.3 is 0 Å². The monoisotopic (exact) mass is 381 g/mol. The third kappa shape index (κ3) is 4.15. The topological polar surface area (TPSA) is 73.2 Å². The number of rotatable bonds is 6. The minimum absolute atomic E-state index is 0.0321. The third-order valence-electron chi connectivity index (χ3n) is 5.39. The van der Waals surface area contributed by atoms with E-state index in [0.717, 1.165) is 24.1 Å². The molecule has 2 aliphatic rings. The van der Waals surface area contributed by atoms with Crippen molar-refractivity contribution in [3.8, 4) is 6.07 Å². The highest BCUT2D eigenvalue weighted by Crippen LogP contribution is 2.35. The maximum Gasteiger partial charge on any atom is 0.214 e. The number of hydrogen-bond acceptors (Lipinski definition) is 4. The average Bonchev–Trinajstić information content (AvgIpc) is 3.37. The number of sulfonamides is 1. The average molecular weight is 382 g/mol. The Hall–Kier alpha value is -2.36. The Kier molecular flexibility index (Phi) is 4.90. The van der Waals surface area contributed by atoms with Crippen LogP contribution in [0.3, 0.4) is 0 Å². The van der Waals surface area contributed by atoms with Crippen LogP contribution >= 0.6 is 0 Å². The van der Waals surface area contributed by atoms with E-state index in [4.69, 9.17) is 5.26 Å². The van der Waals surface area contributed by atoms with Crippen LogP contribution in [0.2, 0.25) is 0 Å². The number of benzene rings is 2. The van der Waals surface area contributed by atoms with Crippen molar-refractivity contribution in [1.29, 1.82) is 5.26 Å². The van der Waals surface area contributed by atoms with Gasteiger partial charge in [0.25, 0.3) is 0 Å². The standard InChI is InChI=1S/C21H23N3O2S/c22-12-17-5-4-8-19(11-17)23-21-14-24(27(25,26)15-16-9-10-16)13-20(21)18-6-2-1-3-7-18/h1-8,11,16,20-21,23H,9-10,13-15H2/t20-,21+/m1/s1. The minimum Gasteiger partial charge on any atom is -0.380 e. The zero-order chi connectivity index (χ0) is 18.9. The second-order valence-corrected chi connectivity index (χ2v) is 9.51. The Morgan fingerprint density at radius 3 is 2.56 bits per heavy atom. The summed E-state index contributed by atoms with van der Waals surface area (Å²) in [4.78, 5) is 0. The van der Waals surface area contributed by atoms with E-state index in [2.05, 4.69) is 23.5 Å². The Balaban J connectivity index is 1.59. The second kappa shape index (κ2) is 7.34. The molecule has 0 amide bonds. The summed E-state index contributed by atoms with van der Waals surface area (Å²) in [7, 11) is -3.23. The summed E-state index contributed by atoms with van der Waals surface area (Å²) in [5, 5.41) is 12.6. The van der Waals surface area contributed by atoms with E-state index >= 15 is 0 Å². The zero-order valence-electron chi connectivity index (χ0n) is 15.1. The van der Waals surface area contributed by atoms with Crippen LogP contribution in [-0.2, 0) is 10.0 Å². The molecule has 4 rings (SSSR count). The van der Waals surface area contributed by atoms with Gasteiger partial charge in [-0.2, -0.15) is 9.57 Å². The van der Waals surface area contributed by atoms with E-state index in [0.29, 0.717) is 24.6 Å². The first-order valence-electron chi connectivity index (χ1n) is 9.34. The highest BCUT2D eigenvalue weighted by Gasteiger charge is 2.41. The summed E-state index contributed by atoms with van der Waals surface area (Å²) in [6, 6.07) is 19.5. The van der Waals surface area contributed by atoms with Gasteiger partial charge in [-0.25, -0.2) is 8.42 Å². The largest absolute Gasteiger partial charge is 0.380 e. The van der Waals surface area contributed by atoms with Crippen LogP contribution in [0.15, 0.2) is 54.6 Å². The summed E-state index contributed by atoms with van der Waals surface area (Å²) < 4.78 is 27.3. The zero-order valence-corrected chi connectivity index (χ0v) is 15.9. The molecule has 0 radical (unpaired) electrons. The van der Waals surface area contributed by atoms with Gasteiger partial charge < -0.3 is 5.32 Å². The highest BCUT2D eigenvalue weighted by molar-refractivity contribution is 7.89. The molecule has 5 nitrogen and oxygen atoms in total. The fourth-order valence-electron chi connectivity index (χ4n) is 3.76. The lowest BCUT2D eigenvalue weighted by atomic mass is 9.94. The van der Waals surface area contributed by atoms with Gasteiger partial charge in [-0.05, 0) is 42.5 Å². The molecular weight excluding hydrogens is 358 g/mol. The van der Waals surface area contributed by atoms with Crippen LogP contribution in [-0.4, -0.2) is 37.6 Å². The van der Waals surface area contributed by atoms with Crippen LogP contribution in [0.4, 0.5) is 5.69 Å². The molecule has 2 aromatic rings. The summed E-state index contributed by atoms with van der Waals surface area (Å²) in [5.74, 6) is 0.681. The first-order chi connectivity index (χ1) is 13.0. The minimum atomic E-state index is -3.23. The molecule has 0 bridgehead atoms. The molecule has 1 N–H and O–H groups in total. The van der Waals surface area contributed by atoms with Gasteiger partial charge in [-0.3, -0.25) is 0 Å². The summed E-state index contributed by atoms with van der Waals surface area (Å²) in [6.07, 6.45) is 2.05. The molecule has 0 unspecified atom stereocenters. The van der Waals surface area contributed by atoms with Crippen molar-refractivity contribution < 1.29 is 8.42 Å². The summed E-state index contributed by atoms with van der Waals surface area (Å²) >= 11 is 0. The fourth-order valence-corrected chi connectivity index (χ4v) is 5.67. The van der Waals surface area contributed by atoms with E-state index in [1.165, 1.54) is 0 Å². The van der Waals surface area contributed by atoms with Gasteiger partial charge in [-0.15, -0.1) is 0 Å². The van der Waals surface area contributed by atoms with E-state index in [9.17, 15) is 8.42 Å².